The normalized spacial score (nSPS) is 13.6. The predicted octanol–water partition coefficient (Wildman–Crippen LogP) is 3.06. The van der Waals surface area contributed by atoms with Gasteiger partial charge < -0.3 is 10.2 Å². The molecule has 3 nitrogen and oxygen atoms in total. The molecule has 0 atom stereocenters. The molecule has 0 saturated heterocycles. The first-order valence-electron chi connectivity index (χ1n) is 7.88. The van der Waals surface area contributed by atoms with E-state index in [1.165, 1.54) is 22.4 Å². The zero-order valence-electron chi connectivity index (χ0n) is 13.0. The number of hydrogen-bond acceptors (Lipinski definition) is 2. The Morgan fingerprint density at radius 3 is 2.77 bits per heavy atom. The Morgan fingerprint density at radius 2 is 1.91 bits per heavy atom. The van der Waals surface area contributed by atoms with Crippen molar-refractivity contribution in [2.75, 3.05) is 18.0 Å². The summed E-state index contributed by atoms with van der Waals surface area (Å²) in [5.41, 5.74) is 4.95. The molecule has 114 valence electrons. The van der Waals surface area contributed by atoms with Crippen molar-refractivity contribution in [3.8, 4) is 0 Å². The van der Waals surface area contributed by atoms with Crippen LogP contribution in [0.25, 0.3) is 0 Å². The number of hydrogen-bond donors (Lipinski definition) is 1. The van der Waals surface area contributed by atoms with Gasteiger partial charge in [0.2, 0.25) is 5.91 Å². The minimum absolute atomic E-state index is 0.0833. The van der Waals surface area contributed by atoms with Gasteiger partial charge in [-0.25, -0.2) is 0 Å². The van der Waals surface area contributed by atoms with Crippen molar-refractivity contribution in [2.24, 2.45) is 0 Å². The van der Waals surface area contributed by atoms with Crippen LogP contribution in [0.4, 0.5) is 5.69 Å². The molecule has 1 aliphatic rings. The molecule has 0 radical (unpaired) electrons. The number of para-hydroxylation sites is 1. The molecule has 0 bridgehead atoms. The van der Waals surface area contributed by atoms with Crippen LogP contribution in [0.1, 0.15) is 23.1 Å². The van der Waals surface area contributed by atoms with Crippen LogP contribution in [0.5, 0.6) is 0 Å². The summed E-state index contributed by atoms with van der Waals surface area (Å²) in [7, 11) is 0. The van der Waals surface area contributed by atoms with E-state index in [2.05, 4.69) is 47.5 Å². The van der Waals surface area contributed by atoms with E-state index in [1.54, 1.807) is 0 Å². The minimum Gasteiger partial charge on any atom is -0.362 e. The number of anilines is 1. The van der Waals surface area contributed by atoms with Crippen LogP contribution in [0.2, 0.25) is 0 Å². The van der Waals surface area contributed by atoms with Gasteiger partial charge in [-0.15, -0.1) is 0 Å². The molecule has 2 aromatic rings. The molecule has 0 saturated carbocycles. The standard InChI is InChI=1S/C19H22N2O/c1-15-7-2-3-9-17(15)13-20-19(22)14-21-12-6-10-16-8-4-5-11-18(16)21/h2-5,7-9,11H,6,10,12-14H2,1H3,(H,20,22). The average molecular weight is 294 g/mol. The molecule has 1 heterocycles. The molecule has 0 fully saturated rings. The van der Waals surface area contributed by atoms with Crippen LogP contribution in [-0.4, -0.2) is 19.0 Å². The van der Waals surface area contributed by atoms with Gasteiger partial charge in [0.25, 0.3) is 0 Å². The quantitative estimate of drug-likeness (QED) is 0.940. The van der Waals surface area contributed by atoms with E-state index >= 15 is 0 Å². The van der Waals surface area contributed by atoms with Gasteiger partial charge in [0.1, 0.15) is 0 Å². The fourth-order valence-electron chi connectivity index (χ4n) is 3.01. The van der Waals surface area contributed by atoms with Crippen LogP contribution in [0.15, 0.2) is 48.5 Å². The monoisotopic (exact) mass is 294 g/mol. The largest absolute Gasteiger partial charge is 0.362 e. The average Bonchev–Trinajstić information content (AvgIpc) is 2.54. The van der Waals surface area contributed by atoms with Crippen molar-refractivity contribution >= 4 is 11.6 Å². The van der Waals surface area contributed by atoms with Gasteiger partial charge in [-0.2, -0.15) is 0 Å². The molecule has 22 heavy (non-hydrogen) atoms. The molecule has 0 aromatic heterocycles. The molecule has 1 N–H and O–H groups in total. The Balaban J connectivity index is 1.60. The molecular weight excluding hydrogens is 272 g/mol. The second-order valence-electron chi connectivity index (χ2n) is 5.86. The Morgan fingerprint density at radius 1 is 1.14 bits per heavy atom. The third-order valence-corrected chi connectivity index (χ3v) is 4.28. The SMILES string of the molecule is Cc1ccccc1CNC(=O)CN1CCCc2ccccc21. The summed E-state index contributed by atoms with van der Waals surface area (Å²) < 4.78 is 0. The molecule has 0 aliphatic carbocycles. The maximum atomic E-state index is 12.3. The first kappa shape index (κ1) is 14.6. The van der Waals surface area contributed by atoms with Crippen LogP contribution < -0.4 is 10.2 Å². The maximum absolute atomic E-state index is 12.3. The highest BCUT2D eigenvalue weighted by atomic mass is 16.2. The zero-order chi connectivity index (χ0) is 15.4. The first-order chi connectivity index (χ1) is 10.7. The number of fused-ring (bicyclic) bond motifs is 1. The van der Waals surface area contributed by atoms with Gasteiger partial charge >= 0.3 is 0 Å². The summed E-state index contributed by atoms with van der Waals surface area (Å²) in [5, 5.41) is 3.04. The molecule has 2 aromatic carbocycles. The van der Waals surface area contributed by atoms with E-state index < -0.39 is 0 Å². The summed E-state index contributed by atoms with van der Waals surface area (Å²) in [6.07, 6.45) is 2.22. The number of amides is 1. The van der Waals surface area contributed by atoms with Gasteiger partial charge in [-0.05, 0) is 42.5 Å². The second-order valence-corrected chi connectivity index (χ2v) is 5.86. The lowest BCUT2D eigenvalue weighted by molar-refractivity contribution is -0.119. The molecule has 1 amide bonds. The number of carbonyl (C=O) groups is 1. The molecule has 0 unspecified atom stereocenters. The molecular formula is C19H22N2O. The Kier molecular flexibility index (Phi) is 4.42. The van der Waals surface area contributed by atoms with Gasteiger partial charge in [0.15, 0.2) is 0 Å². The van der Waals surface area contributed by atoms with E-state index in [0.29, 0.717) is 13.1 Å². The number of nitrogens with zero attached hydrogens (tertiary/aromatic N) is 1. The van der Waals surface area contributed by atoms with Crippen LogP contribution in [0.3, 0.4) is 0 Å². The van der Waals surface area contributed by atoms with Crippen LogP contribution >= 0.6 is 0 Å². The highest BCUT2D eigenvalue weighted by Gasteiger charge is 2.18. The van der Waals surface area contributed by atoms with E-state index in [1.807, 2.05) is 18.2 Å². The molecule has 3 rings (SSSR count). The minimum atomic E-state index is 0.0833. The number of rotatable bonds is 4. The number of aryl methyl sites for hydroxylation is 2. The van der Waals surface area contributed by atoms with Gasteiger partial charge in [0.05, 0.1) is 6.54 Å². The Bertz CT molecular complexity index is 666. The highest BCUT2D eigenvalue weighted by molar-refractivity contribution is 5.81. The topological polar surface area (TPSA) is 32.3 Å². The van der Waals surface area contributed by atoms with Gasteiger partial charge in [0, 0.05) is 18.8 Å². The Labute approximate surface area is 132 Å². The summed E-state index contributed by atoms with van der Waals surface area (Å²) in [5.74, 6) is 0.0833. The fourth-order valence-corrected chi connectivity index (χ4v) is 3.01. The van der Waals surface area contributed by atoms with E-state index in [0.717, 1.165) is 19.4 Å². The third-order valence-electron chi connectivity index (χ3n) is 4.28. The summed E-state index contributed by atoms with van der Waals surface area (Å²) in [6.45, 7) is 4.06. The fraction of sp³-hybridized carbons (Fsp3) is 0.316. The first-order valence-corrected chi connectivity index (χ1v) is 7.88. The van der Waals surface area contributed by atoms with Crippen molar-refractivity contribution in [1.82, 2.24) is 5.32 Å². The summed E-state index contributed by atoms with van der Waals surface area (Å²) in [4.78, 5) is 14.4. The van der Waals surface area contributed by atoms with Gasteiger partial charge in [-0.1, -0.05) is 42.5 Å². The highest BCUT2D eigenvalue weighted by Crippen LogP contribution is 2.26. The van der Waals surface area contributed by atoms with Crippen molar-refractivity contribution in [3.05, 3.63) is 65.2 Å². The second kappa shape index (κ2) is 6.65. The van der Waals surface area contributed by atoms with Crippen molar-refractivity contribution < 1.29 is 4.79 Å². The van der Waals surface area contributed by atoms with Crippen molar-refractivity contribution in [1.29, 1.82) is 0 Å². The number of benzene rings is 2. The summed E-state index contributed by atoms with van der Waals surface area (Å²) >= 11 is 0. The lowest BCUT2D eigenvalue weighted by Crippen LogP contribution is -2.39. The van der Waals surface area contributed by atoms with Gasteiger partial charge in [-0.3, -0.25) is 4.79 Å². The number of carbonyl (C=O) groups excluding carboxylic acids is 1. The maximum Gasteiger partial charge on any atom is 0.239 e. The van der Waals surface area contributed by atoms with E-state index in [4.69, 9.17) is 0 Å². The molecule has 3 heteroatoms. The lowest BCUT2D eigenvalue weighted by atomic mass is 10.0. The van der Waals surface area contributed by atoms with Crippen LogP contribution in [0, 0.1) is 6.92 Å². The van der Waals surface area contributed by atoms with E-state index in [-0.39, 0.29) is 5.91 Å². The molecule has 0 spiro atoms. The van der Waals surface area contributed by atoms with E-state index in [9.17, 15) is 4.79 Å². The number of nitrogens with one attached hydrogen (secondary N) is 1. The van der Waals surface area contributed by atoms with Crippen molar-refractivity contribution in [3.63, 3.8) is 0 Å². The smallest absolute Gasteiger partial charge is 0.239 e. The predicted molar refractivity (Wildman–Crippen MR) is 90.0 cm³/mol. The van der Waals surface area contributed by atoms with Crippen molar-refractivity contribution in [2.45, 2.75) is 26.3 Å². The Hall–Kier alpha value is -2.29. The summed E-state index contributed by atoms with van der Waals surface area (Å²) in [6, 6.07) is 16.5. The zero-order valence-corrected chi connectivity index (χ0v) is 13.0. The lowest BCUT2D eigenvalue weighted by Gasteiger charge is -2.30. The third kappa shape index (κ3) is 3.30. The molecule has 1 aliphatic heterocycles. The van der Waals surface area contributed by atoms with Crippen LogP contribution in [-0.2, 0) is 17.8 Å².